The average molecular weight is 329 g/mol. The number of thiophene rings is 1. The first-order valence-corrected chi connectivity index (χ1v) is 8.19. The van der Waals surface area contributed by atoms with E-state index in [-0.39, 0.29) is 11.9 Å². The molecule has 0 bridgehead atoms. The van der Waals surface area contributed by atoms with E-state index in [0.29, 0.717) is 18.1 Å². The van der Waals surface area contributed by atoms with Gasteiger partial charge in [-0.15, -0.1) is 16.4 Å². The number of nitrogens with one attached hydrogen (secondary N) is 2. The summed E-state index contributed by atoms with van der Waals surface area (Å²) in [5, 5.41) is 11.6. The number of H-pyrrole nitrogens is 1. The van der Waals surface area contributed by atoms with Crippen molar-refractivity contribution in [2.75, 3.05) is 18.4 Å². The highest BCUT2D eigenvalue weighted by molar-refractivity contribution is 7.10. The Morgan fingerprint density at radius 1 is 1.48 bits per heavy atom. The Kier molecular flexibility index (Phi) is 3.68. The van der Waals surface area contributed by atoms with Crippen LogP contribution >= 0.6 is 11.3 Å². The van der Waals surface area contributed by atoms with Crippen LogP contribution < -0.4 is 5.32 Å². The SMILES string of the molecule is O=C(CN1CCc2sccc2C1)Nc1n[nH]c(-c2ccco2)n1. The Labute approximate surface area is 136 Å². The molecule has 0 spiro atoms. The van der Waals surface area contributed by atoms with Crippen LogP contribution in [-0.2, 0) is 17.8 Å². The molecule has 118 valence electrons. The van der Waals surface area contributed by atoms with Gasteiger partial charge in [0.05, 0.1) is 12.8 Å². The molecule has 0 atom stereocenters. The molecule has 3 aromatic heterocycles. The van der Waals surface area contributed by atoms with Gasteiger partial charge in [0.15, 0.2) is 11.6 Å². The van der Waals surface area contributed by atoms with Gasteiger partial charge in [-0.05, 0) is 35.6 Å². The van der Waals surface area contributed by atoms with Crippen molar-refractivity contribution in [1.29, 1.82) is 0 Å². The fourth-order valence-corrected chi connectivity index (χ4v) is 3.54. The maximum absolute atomic E-state index is 12.2. The largest absolute Gasteiger partial charge is 0.461 e. The fraction of sp³-hybridized carbons (Fsp3) is 0.267. The van der Waals surface area contributed by atoms with Crippen LogP contribution in [0.1, 0.15) is 10.4 Å². The topological polar surface area (TPSA) is 87.0 Å². The van der Waals surface area contributed by atoms with Gasteiger partial charge >= 0.3 is 0 Å². The maximum atomic E-state index is 12.2. The van der Waals surface area contributed by atoms with Crippen LogP contribution in [0, 0.1) is 0 Å². The molecule has 0 unspecified atom stereocenters. The third-order valence-corrected chi connectivity index (χ3v) is 4.77. The van der Waals surface area contributed by atoms with Crippen molar-refractivity contribution in [1.82, 2.24) is 20.1 Å². The van der Waals surface area contributed by atoms with Gasteiger partial charge in [-0.1, -0.05) is 0 Å². The summed E-state index contributed by atoms with van der Waals surface area (Å²) in [5.41, 5.74) is 1.33. The normalized spacial score (nSPS) is 14.6. The highest BCUT2D eigenvalue weighted by atomic mass is 32.1. The number of amides is 1. The Balaban J connectivity index is 1.36. The summed E-state index contributed by atoms with van der Waals surface area (Å²) in [5.74, 6) is 1.22. The summed E-state index contributed by atoms with van der Waals surface area (Å²) in [6, 6.07) is 5.68. The monoisotopic (exact) mass is 329 g/mol. The second-order valence-electron chi connectivity index (χ2n) is 5.36. The van der Waals surface area contributed by atoms with Gasteiger partial charge in [0, 0.05) is 18.0 Å². The van der Waals surface area contributed by atoms with E-state index in [1.54, 1.807) is 29.7 Å². The zero-order valence-electron chi connectivity index (χ0n) is 12.3. The lowest BCUT2D eigenvalue weighted by Gasteiger charge is -2.25. The summed E-state index contributed by atoms with van der Waals surface area (Å²) < 4.78 is 5.23. The van der Waals surface area contributed by atoms with E-state index in [4.69, 9.17) is 4.42 Å². The quantitative estimate of drug-likeness (QED) is 0.765. The number of carbonyl (C=O) groups excluding carboxylic acids is 1. The fourth-order valence-electron chi connectivity index (χ4n) is 2.65. The lowest BCUT2D eigenvalue weighted by atomic mass is 10.1. The summed E-state index contributed by atoms with van der Waals surface area (Å²) in [6.45, 7) is 2.05. The number of furan rings is 1. The number of nitrogens with zero attached hydrogens (tertiary/aromatic N) is 3. The number of fused-ring (bicyclic) bond motifs is 1. The van der Waals surface area contributed by atoms with Crippen LogP contribution in [0.2, 0.25) is 0 Å². The van der Waals surface area contributed by atoms with Crippen LogP contribution in [0.5, 0.6) is 0 Å². The van der Waals surface area contributed by atoms with E-state index < -0.39 is 0 Å². The number of aromatic amines is 1. The zero-order valence-corrected chi connectivity index (χ0v) is 13.1. The van der Waals surface area contributed by atoms with Gasteiger partial charge in [-0.2, -0.15) is 4.98 Å². The molecule has 3 aromatic rings. The minimum Gasteiger partial charge on any atom is -0.461 e. The predicted octanol–water partition coefficient (Wildman–Crippen LogP) is 2.12. The molecule has 0 saturated carbocycles. The first kappa shape index (κ1) is 14.2. The number of aromatic nitrogens is 3. The number of hydrogen-bond donors (Lipinski definition) is 2. The van der Waals surface area contributed by atoms with Crippen molar-refractivity contribution in [3.63, 3.8) is 0 Å². The van der Waals surface area contributed by atoms with Gasteiger partial charge in [0.1, 0.15) is 0 Å². The molecule has 1 amide bonds. The smallest absolute Gasteiger partial charge is 0.249 e. The van der Waals surface area contributed by atoms with Crippen LogP contribution in [0.4, 0.5) is 5.95 Å². The van der Waals surface area contributed by atoms with E-state index in [1.807, 2.05) is 0 Å². The molecular formula is C15H15N5O2S. The summed E-state index contributed by atoms with van der Waals surface area (Å²) in [4.78, 5) is 19.9. The molecule has 1 aliphatic heterocycles. The van der Waals surface area contributed by atoms with Gasteiger partial charge in [-0.3, -0.25) is 20.1 Å². The Morgan fingerprint density at radius 3 is 3.30 bits per heavy atom. The third kappa shape index (κ3) is 3.03. The summed E-state index contributed by atoms with van der Waals surface area (Å²) >= 11 is 1.79. The van der Waals surface area contributed by atoms with Gasteiger partial charge in [0.25, 0.3) is 0 Å². The number of anilines is 1. The molecule has 0 radical (unpaired) electrons. The molecular weight excluding hydrogens is 314 g/mol. The molecule has 0 saturated heterocycles. The van der Waals surface area contributed by atoms with Crippen molar-refractivity contribution in [3.05, 3.63) is 40.3 Å². The molecule has 0 fully saturated rings. The first-order chi connectivity index (χ1) is 11.3. The highest BCUT2D eigenvalue weighted by Gasteiger charge is 2.20. The number of hydrogen-bond acceptors (Lipinski definition) is 6. The van der Waals surface area contributed by atoms with E-state index in [2.05, 4.69) is 36.8 Å². The summed E-state index contributed by atoms with van der Waals surface area (Å²) in [7, 11) is 0. The Hall–Kier alpha value is -2.45. The number of rotatable bonds is 4. The molecule has 0 aromatic carbocycles. The standard InChI is InChI=1S/C15H15N5O2S/c21-13(9-20-5-3-12-10(8-20)4-7-23-12)16-15-17-14(18-19-15)11-2-1-6-22-11/h1-2,4,6-7H,3,5,8-9H2,(H2,16,17,18,19,21). The van der Waals surface area contributed by atoms with Crippen molar-refractivity contribution in [2.45, 2.75) is 13.0 Å². The molecule has 23 heavy (non-hydrogen) atoms. The summed E-state index contributed by atoms with van der Waals surface area (Å²) in [6.07, 6.45) is 2.56. The molecule has 4 rings (SSSR count). The molecule has 4 heterocycles. The molecule has 0 aliphatic carbocycles. The predicted molar refractivity (Wildman–Crippen MR) is 86.0 cm³/mol. The zero-order chi connectivity index (χ0) is 15.6. The maximum Gasteiger partial charge on any atom is 0.249 e. The van der Waals surface area contributed by atoms with Crippen LogP contribution in [0.3, 0.4) is 0 Å². The molecule has 2 N–H and O–H groups in total. The molecule has 1 aliphatic rings. The second kappa shape index (κ2) is 5.98. The average Bonchev–Trinajstić information content (AvgIpc) is 3.27. The van der Waals surface area contributed by atoms with Crippen LogP contribution in [-0.4, -0.2) is 39.1 Å². The van der Waals surface area contributed by atoms with Crippen molar-refractivity contribution < 1.29 is 9.21 Å². The van der Waals surface area contributed by atoms with E-state index in [1.165, 1.54) is 10.4 Å². The van der Waals surface area contributed by atoms with E-state index in [9.17, 15) is 4.79 Å². The first-order valence-electron chi connectivity index (χ1n) is 7.31. The van der Waals surface area contributed by atoms with E-state index >= 15 is 0 Å². The lowest BCUT2D eigenvalue weighted by molar-refractivity contribution is -0.117. The molecule has 7 nitrogen and oxygen atoms in total. The second-order valence-corrected chi connectivity index (χ2v) is 6.36. The Bertz CT molecular complexity index is 808. The van der Waals surface area contributed by atoms with Crippen molar-refractivity contribution >= 4 is 23.2 Å². The van der Waals surface area contributed by atoms with Gasteiger partial charge < -0.3 is 4.42 Å². The molecule has 8 heteroatoms. The minimum absolute atomic E-state index is 0.117. The lowest BCUT2D eigenvalue weighted by Crippen LogP contribution is -2.36. The third-order valence-electron chi connectivity index (χ3n) is 3.75. The van der Waals surface area contributed by atoms with Crippen molar-refractivity contribution in [2.24, 2.45) is 0 Å². The van der Waals surface area contributed by atoms with Crippen LogP contribution in [0.15, 0.2) is 34.3 Å². The van der Waals surface area contributed by atoms with Crippen LogP contribution in [0.25, 0.3) is 11.6 Å². The minimum atomic E-state index is -0.117. The highest BCUT2D eigenvalue weighted by Crippen LogP contribution is 2.23. The van der Waals surface area contributed by atoms with Gasteiger partial charge in [0.2, 0.25) is 11.9 Å². The van der Waals surface area contributed by atoms with E-state index in [0.717, 1.165) is 19.5 Å². The van der Waals surface area contributed by atoms with Gasteiger partial charge in [-0.25, -0.2) is 0 Å². The Morgan fingerprint density at radius 2 is 2.43 bits per heavy atom. The number of carbonyl (C=O) groups is 1. The van der Waals surface area contributed by atoms with Crippen molar-refractivity contribution in [3.8, 4) is 11.6 Å².